The van der Waals surface area contributed by atoms with Gasteiger partial charge in [-0.3, -0.25) is 19.7 Å². The van der Waals surface area contributed by atoms with E-state index in [1.165, 1.54) is 13.2 Å². The molecule has 0 bridgehead atoms. The van der Waals surface area contributed by atoms with E-state index in [0.29, 0.717) is 5.69 Å². The molecule has 1 N–H and O–H groups in total. The zero-order valence-electron chi connectivity index (χ0n) is 15.4. The lowest BCUT2D eigenvalue weighted by molar-refractivity contribution is -0.387. The van der Waals surface area contributed by atoms with Crippen LogP contribution in [-0.4, -0.2) is 27.7 Å². The first-order chi connectivity index (χ1) is 13.8. The highest BCUT2D eigenvalue weighted by Gasteiger charge is 2.20. The summed E-state index contributed by atoms with van der Waals surface area (Å²) < 4.78 is 19.6. The van der Waals surface area contributed by atoms with Crippen LogP contribution in [0.4, 0.5) is 15.8 Å². The Hall–Kier alpha value is -4.08. The monoisotopic (exact) mass is 398 g/mol. The summed E-state index contributed by atoms with van der Waals surface area (Å²) in [5.74, 6) is -1.90. The number of rotatable bonds is 5. The zero-order chi connectivity index (χ0) is 21.1. The lowest BCUT2D eigenvalue weighted by atomic mass is 10.2. The number of halogens is 1. The summed E-state index contributed by atoms with van der Waals surface area (Å²) in [7, 11) is 1.27. The number of nitrogens with zero attached hydrogens (tertiary/aromatic N) is 3. The van der Waals surface area contributed by atoms with Gasteiger partial charge in [-0.2, -0.15) is 14.2 Å². The number of hydrogen-bond acceptors (Lipinski definition) is 6. The first kappa shape index (κ1) is 19.7. The minimum absolute atomic E-state index is 0.0139. The van der Waals surface area contributed by atoms with E-state index in [-0.39, 0.29) is 17.1 Å². The van der Waals surface area contributed by atoms with Gasteiger partial charge in [0.15, 0.2) is 11.4 Å². The van der Waals surface area contributed by atoms with Gasteiger partial charge in [-0.05, 0) is 31.2 Å². The standard InChI is InChI=1S/C19H15FN4O5/c1-11-3-6-13(7-4-11)23-17(25)10-16(29-2)18(22-23)19(26)21-12-5-8-14(20)15(9-12)24(27)28/h3-10H,1-2H3,(H,21,26). The Labute approximate surface area is 163 Å². The van der Waals surface area contributed by atoms with Crippen LogP contribution in [0.2, 0.25) is 0 Å². The number of carbonyl (C=O) groups is 1. The molecule has 0 aliphatic rings. The maximum atomic E-state index is 13.5. The van der Waals surface area contributed by atoms with Crippen LogP contribution in [0.3, 0.4) is 0 Å². The average Bonchev–Trinajstić information content (AvgIpc) is 2.69. The maximum absolute atomic E-state index is 13.5. The molecule has 0 saturated heterocycles. The van der Waals surface area contributed by atoms with Gasteiger partial charge in [0.05, 0.1) is 23.8 Å². The molecule has 0 unspecified atom stereocenters. The lowest BCUT2D eigenvalue weighted by Gasteiger charge is -2.11. The van der Waals surface area contributed by atoms with Crippen LogP contribution in [-0.2, 0) is 0 Å². The highest BCUT2D eigenvalue weighted by Crippen LogP contribution is 2.23. The Morgan fingerprint density at radius 2 is 1.90 bits per heavy atom. The second-order valence-electron chi connectivity index (χ2n) is 6.02. The van der Waals surface area contributed by atoms with Gasteiger partial charge < -0.3 is 10.1 Å². The molecule has 0 fully saturated rings. The number of aromatic nitrogens is 2. The number of aryl methyl sites for hydroxylation is 1. The van der Waals surface area contributed by atoms with Crippen molar-refractivity contribution in [3.63, 3.8) is 0 Å². The molecule has 2 aromatic carbocycles. The molecular weight excluding hydrogens is 383 g/mol. The zero-order valence-corrected chi connectivity index (χ0v) is 15.4. The molecule has 9 nitrogen and oxygen atoms in total. The van der Waals surface area contributed by atoms with Gasteiger partial charge >= 0.3 is 5.69 Å². The molecule has 0 aliphatic carbocycles. The van der Waals surface area contributed by atoms with E-state index in [1.54, 1.807) is 24.3 Å². The van der Waals surface area contributed by atoms with Crippen molar-refractivity contribution in [2.45, 2.75) is 6.92 Å². The number of carbonyl (C=O) groups excluding carboxylic acids is 1. The van der Waals surface area contributed by atoms with Crippen LogP contribution in [0.15, 0.2) is 53.3 Å². The summed E-state index contributed by atoms with van der Waals surface area (Å²) in [4.78, 5) is 35.0. The van der Waals surface area contributed by atoms with Crippen LogP contribution < -0.4 is 15.6 Å². The fraction of sp³-hybridized carbons (Fsp3) is 0.105. The first-order valence-electron chi connectivity index (χ1n) is 8.31. The van der Waals surface area contributed by atoms with Crippen molar-refractivity contribution >= 4 is 17.3 Å². The van der Waals surface area contributed by atoms with Crippen LogP contribution in [0.25, 0.3) is 5.69 Å². The van der Waals surface area contributed by atoms with E-state index in [0.717, 1.165) is 28.4 Å². The third-order valence-corrected chi connectivity index (χ3v) is 4.01. The fourth-order valence-corrected chi connectivity index (χ4v) is 2.54. The minimum atomic E-state index is -1.03. The van der Waals surface area contributed by atoms with Crippen molar-refractivity contribution in [1.29, 1.82) is 0 Å². The molecule has 0 radical (unpaired) electrons. The molecule has 3 aromatic rings. The van der Waals surface area contributed by atoms with Crippen molar-refractivity contribution in [2.24, 2.45) is 0 Å². The predicted octanol–water partition coefficient (Wildman–Crippen LogP) is 2.85. The Kier molecular flexibility index (Phi) is 5.35. The van der Waals surface area contributed by atoms with E-state index >= 15 is 0 Å². The fourth-order valence-electron chi connectivity index (χ4n) is 2.54. The Morgan fingerprint density at radius 3 is 2.52 bits per heavy atom. The number of methoxy groups -OCH3 is 1. The number of nitro benzene ring substituents is 1. The molecule has 3 rings (SSSR count). The van der Waals surface area contributed by atoms with Gasteiger partial charge in [-0.15, -0.1) is 0 Å². The van der Waals surface area contributed by atoms with Gasteiger partial charge in [-0.25, -0.2) is 0 Å². The summed E-state index contributed by atoms with van der Waals surface area (Å²) in [6.45, 7) is 1.88. The number of hydrogen-bond donors (Lipinski definition) is 1. The molecule has 10 heteroatoms. The van der Waals surface area contributed by atoms with Crippen LogP contribution in [0.5, 0.6) is 5.75 Å². The topological polar surface area (TPSA) is 116 Å². The number of nitrogens with one attached hydrogen (secondary N) is 1. The quantitative estimate of drug-likeness (QED) is 0.522. The Morgan fingerprint density at radius 1 is 1.21 bits per heavy atom. The highest BCUT2D eigenvalue weighted by atomic mass is 19.1. The lowest BCUT2D eigenvalue weighted by Crippen LogP contribution is -2.26. The molecule has 1 aromatic heterocycles. The molecule has 0 spiro atoms. The van der Waals surface area contributed by atoms with Crippen molar-refractivity contribution in [3.05, 3.63) is 86.1 Å². The average molecular weight is 398 g/mol. The molecule has 1 heterocycles. The molecule has 0 atom stereocenters. The molecule has 0 saturated carbocycles. The number of amides is 1. The summed E-state index contributed by atoms with van der Waals surface area (Å²) in [5, 5.41) is 17.3. The highest BCUT2D eigenvalue weighted by molar-refractivity contribution is 6.04. The van der Waals surface area contributed by atoms with Crippen LogP contribution in [0.1, 0.15) is 16.1 Å². The van der Waals surface area contributed by atoms with Crippen LogP contribution >= 0.6 is 0 Å². The maximum Gasteiger partial charge on any atom is 0.306 e. The molecule has 29 heavy (non-hydrogen) atoms. The molecule has 148 valence electrons. The minimum Gasteiger partial charge on any atom is -0.494 e. The smallest absolute Gasteiger partial charge is 0.306 e. The summed E-state index contributed by atoms with van der Waals surface area (Å²) in [6.07, 6.45) is 0. The number of anilines is 1. The summed E-state index contributed by atoms with van der Waals surface area (Å²) >= 11 is 0. The Bertz CT molecular complexity index is 1160. The number of nitro groups is 1. The van der Waals surface area contributed by atoms with E-state index < -0.39 is 27.9 Å². The SMILES string of the molecule is COc1cc(=O)n(-c2ccc(C)cc2)nc1C(=O)Nc1ccc(F)c([N+](=O)[O-])c1. The van der Waals surface area contributed by atoms with Crippen molar-refractivity contribution in [3.8, 4) is 11.4 Å². The summed E-state index contributed by atoms with van der Waals surface area (Å²) in [6, 6.07) is 10.9. The molecule has 1 amide bonds. The Balaban J connectivity index is 2.01. The van der Waals surface area contributed by atoms with Gasteiger partial charge in [0.25, 0.3) is 11.5 Å². The van der Waals surface area contributed by atoms with E-state index in [2.05, 4.69) is 10.4 Å². The number of ether oxygens (including phenoxy) is 1. The van der Waals surface area contributed by atoms with Gasteiger partial charge in [0, 0.05) is 11.8 Å². The first-order valence-corrected chi connectivity index (χ1v) is 8.31. The normalized spacial score (nSPS) is 10.4. The van der Waals surface area contributed by atoms with Gasteiger partial charge in [0.2, 0.25) is 5.82 Å². The van der Waals surface area contributed by atoms with Gasteiger partial charge in [0.1, 0.15) is 0 Å². The number of benzene rings is 2. The third-order valence-electron chi connectivity index (χ3n) is 4.01. The third kappa shape index (κ3) is 4.10. The van der Waals surface area contributed by atoms with E-state index in [1.807, 2.05) is 6.92 Å². The largest absolute Gasteiger partial charge is 0.494 e. The van der Waals surface area contributed by atoms with Crippen molar-refractivity contribution in [2.75, 3.05) is 12.4 Å². The second kappa shape index (κ2) is 7.89. The van der Waals surface area contributed by atoms with Crippen molar-refractivity contribution in [1.82, 2.24) is 9.78 Å². The molecular formula is C19H15FN4O5. The summed E-state index contributed by atoms with van der Waals surface area (Å²) in [5.41, 5.74) is -0.118. The van der Waals surface area contributed by atoms with Gasteiger partial charge in [-0.1, -0.05) is 17.7 Å². The van der Waals surface area contributed by atoms with E-state index in [9.17, 15) is 24.1 Å². The van der Waals surface area contributed by atoms with Crippen LogP contribution in [0, 0.1) is 22.9 Å². The second-order valence-corrected chi connectivity index (χ2v) is 6.02. The molecule has 0 aliphatic heterocycles. The predicted molar refractivity (Wildman–Crippen MR) is 102 cm³/mol. The van der Waals surface area contributed by atoms with Crippen molar-refractivity contribution < 1.29 is 18.8 Å². The van der Waals surface area contributed by atoms with E-state index in [4.69, 9.17) is 4.74 Å².